The Morgan fingerprint density at radius 1 is 1.35 bits per heavy atom. The minimum atomic E-state index is 0.718. The van der Waals surface area contributed by atoms with E-state index in [-0.39, 0.29) is 0 Å². The van der Waals surface area contributed by atoms with Crippen LogP contribution in [0.1, 0.15) is 38.2 Å². The van der Waals surface area contributed by atoms with Crippen LogP contribution in [0, 0.1) is 5.92 Å². The van der Waals surface area contributed by atoms with Crippen LogP contribution in [0.15, 0.2) is 29.2 Å². The van der Waals surface area contributed by atoms with Gasteiger partial charge in [0.2, 0.25) is 0 Å². The summed E-state index contributed by atoms with van der Waals surface area (Å²) in [6.07, 6.45) is 2.64. The largest absolute Gasteiger partial charge is 0.316 e. The van der Waals surface area contributed by atoms with Crippen LogP contribution in [0.3, 0.4) is 0 Å². The molecule has 0 amide bonds. The number of benzene rings is 1. The van der Waals surface area contributed by atoms with Crippen LogP contribution in [0.4, 0.5) is 0 Å². The normalized spacial score (nSPS) is 18.6. The lowest BCUT2D eigenvalue weighted by Crippen LogP contribution is -2.22. The van der Waals surface area contributed by atoms with E-state index >= 15 is 0 Å². The van der Waals surface area contributed by atoms with Crippen molar-refractivity contribution in [2.24, 2.45) is 5.92 Å². The van der Waals surface area contributed by atoms with Gasteiger partial charge in [-0.1, -0.05) is 32.0 Å². The first-order chi connectivity index (χ1) is 8.27. The molecule has 0 aromatic heterocycles. The van der Waals surface area contributed by atoms with E-state index in [2.05, 4.69) is 43.4 Å². The number of hydrogen-bond acceptors (Lipinski definition) is 2. The third-order valence-corrected chi connectivity index (χ3v) is 4.58. The van der Waals surface area contributed by atoms with E-state index in [0.717, 1.165) is 18.4 Å². The van der Waals surface area contributed by atoms with Crippen LogP contribution < -0.4 is 5.32 Å². The van der Waals surface area contributed by atoms with Gasteiger partial charge in [-0.05, 0) is 36.9 Å². The molecule has 17 heavy (non-hydrogen) atoms. The average molecular weight is 249 g/mol. The molecule has 2 heteroatoms. The van der Waals surface area contributed by atoms with Crippen molar-refractivity contribution < 1.29 is 0 Å². The molecule has 1 nitrogen and oxygen atoms in total. The minimum absolute atomic E-state index is 0.718. The van der Waals surface area contributed by atoms with Gasteiger partial charge in [0.25, 0.3) is 0 Å². The summed E-state index contributed by atoms with van der Waals surface area (Å²) in [4.78, 5) is 1.49. The Labute approximate surface area is 109 Å². The predicted octanol–water partition coefficient (Wildman–Crippen LogP) is 3.90. The van der Waals surface area contributed by atoms with Crippen molar-refractivity contribution in [1.82, 2.24) is 5.32 Å². The van der Waals surface area contributed by atoms with Crippen LogP contribution >= 0.6 is 11.8 Å². The first kappa shape index (κ1) is 13.0. The zero-order chi connectivity index (χ0) is 12.1. The molecule has 1 N–H and O–H groups in total. The van der Waals surface area contributed by atoms with Crippen LogP contribution in [-0.4, -0.2) is 18.8 Å². The Balaban J connectivity index is 1.71. The van der Waals surface area contributed by atoms with E-state index in [4.69, 9.17) is 0 Å². The van der Waals surface area contributed by atoms with Gasteiger partial charge in [0.15, 0.2) is 0 Å². The van der Waals surface area contributed by atoms with Crippen molar-refractivity contribution in [2.75, 3.05) is 18.8 Å². The second-order valence-electron chi connectivity index (χ2n) is 5.29. The van der Waals surface area contributed by atoms with Crippen LogP contribution in [0.2, 0.25) is 0 Å². The van der Waals surface area contributed by atoms with Crippen molar-refractivity contribution in [3.63, 3.8) is 0 Å². The highest BCUT2D eigenvalue weighted by Gasteiger charge is 2.21. The highest BCUT2D eigenvalue weighted by atomic mass is 32.2. The number of nitrogens with one attached hydrogen (secondary N) is 1. The average Bonchev–Trinajstić information content (AvgIpc) is 2.72. The molecular formula is C15H23NS. The monoisotopic (exact) mass is 249 g/mol. The molecule has 1 aliphatic rings. The van der Waals surface area contributed by atoms with E-state index in [0.29, 0.717) is 0 Å². The molecule has 0 spiro atoms. The van der Waals surface area contributed by atoms with Gasteiger partial charge in [-0.3, -0.25) is 0 Å². The number of thioether (sulfide) groups is 1. The second kappa shape index (κ2) is 6.46. The van der Waals surface area contributed by atoms with Crippen molar-refractivity contribution in [3.8, 4) is 0 Å². The highest BCUT2D eigenvalue weighted by Crippen LogP contribution is 2.38. The maximum atomic E-state index is 3.61. The smallest absolute Gasteiger partial charge is 0.0108 e. The van der Waals surface area contributed by atoms with Gasteiger partial charge in [0.1, 0.15) is 0 Å². The molecule has 1 aromatic carbocycles. The third kappa shape index (κ3) is 3.75. The molecule has 0 aliphatic carbocycles. The lowest BCUT2D eigenvalue weighted by atomic mass is 10.0. The molecule has 0 fully saturated rings. The number of hydrogen-bond donors (Lipinski definition) is 1. The summed E-state index contributed by atoms with van der Waals surface area (Å²) >= 11 is 2.00. The van der Waals surface area contributed by atoms with Crippen LogP contribution in [0.5, 0.6) is 0 Å². The Morgan fingerprint density at radius 3 is 3.00 bits per heavy atom. The summed E-state index contributed by atoms with van der Waals surface area (Å²) in [6.45, 7) is 6.90. The van der Waals surface area contributed by atoms with Crippen molar-refractivity contribution in [3.05, 3.63) is 29.8 Å². The fourth-order valence-electron chi connectivity index (χ4n) is 2.31. The zero-order valence-corrected chi connectivity index (χ0v) is 11.7. The maximum absolute atomic E-state index is 3.61. The summed E-state index contributed by atoms with van der Waals surface area (Å²) in [5.41, 5.74) is 1.55. The molecule has 1 aliphatic heterocycles. The van der Waals surface area contributed by atoms with Gasteiger partial charge in [-0.15, -0.1) is 11.8 Å². The van der Waals surface area contributed by atoms with Crippen molar-refractivity contribution in [2.45, 2.75) is 37.5 Å². The summed E-state index contributed by atoms with van der Waals surface area (Å²) < 4.78 is 0. The quantitative estimate of drug-likeness (QED) is 0.767. The van der Waals surface area contributed by atoms with Gasteiger partial charge < -0.3 is 5.32 Å². The lowest BCUT2D eigenvalue weighted by molar-refractivity contribution is 0.518. The molecule has 0 saturated heterocycles. The molecular weight excluding hydrogens is 226 g/mol. The standard InChI is InChI=1S/C15H23NS/c1-12(2)6-5-9-16-10-13-11-17-15-8-4-3-7-14(13)15/h3-4,7-8,12-13,16H,5-6,9-11H2,1-2H3. The third-order valence-electron chi connectivity index (χ3n) is 3.32. The molecule has 0 bridgehead atoms. The molecule has 0 saturated carbocycles. The van der Waals surface area contributed by atoms with Gasteiger partial charge in [-0.2, -0.15) is 0 Å². The Morgan fingerprint density at radius 2 is 2.18 bits per heavy atom. The van der Waals surface area contributed by atoms with Gasteiger partial charge in [0.05, 0.1) is 0 Å². The number of rotatable bonds is 6. The summed E-state index contributed by atoms with van der Waals surface area (Å²) in [6, 6.07) is 8.84. The maximum Gasteiger partial charge on any atom is 0.0108 e. The molecule has 2 rings (SSSR count). The highest BCUT2D eigenvalue weighted by molar-refractivity contribution is 7.99. The Kier molecular flexibility index (Phi) is 4.93. The Bertz CT molecular complexity index is 349. The lowest BCUT2D eigenvalue weighted by Gasteiger charge is -2.12. The van der Waals surface area contributed by atoms with Gasteiger partial charge >= 0.3 is 0 Å². The molecule has 1 unspecified atom stereocenters. The fraction of sp³-hybridized carbons (Fsp3) is 0.600. The van der Waals surface area contributed by atoms with Gasteiger partial charge in [0, 0.05) is 23.1 Å². The van der Waals surface area contributed by atoms with E-state index in [9.17, 15) is 0 Å². The van der Waals surface area contributed by atoms with E-state index in [1.807, 2.05) is 11.8 Å². The molecule has 0 radical (unpaired) electrons. The first-order valence-corrected chi connectivity index (χ1v) is 7.68. The minimum Gasteiger partial charge on any atom is -0.316 e. The van der Waals surface area contributed by atoms with E-state index in [1.54, 1.807) is 5.56 Å². The van der Waals surface area contributed by atoms with Crippen molar-refractivity contribution in [1.29, 1.82) is 0 Å². The fourth-order valence-corrected chi connectivity index (χ4v) is 3.56. The van der Waals surface area contributed by atoms with Gasteiger partial charge in [-0.25, -0.2) is 0 Å². The molecule has 94 valence electrons. The SMILES string of the molecule is CC(C)CCCNCC1CSc2ccccc21. The second-order valence-corrected chi connectivity index (χ2v) is 6.35. The summed E-state index contributed by atoms with van der Waals surface area (Å²) in [5.74, 6) is 2.80. The predicted molar refractivity (Wildman–Crippen MR) is 76.8 cm³/mol. The first-order valence-electron chi connectivity index (χ1n) is 6.70. The molecule has 1 atom stereocenters. The van der Waals surface area contributed by atoms with Crippen LogP contribution in [-0.2, 0) is 0 Å². The van der Waals surface area contributed by atoms with Crippen LogP contribution in [0.25, 0.3) is 0 Å². The van der Waals surface area contributed by atoms with E-state index in [1.165, 1.54) is 30.0 Å². The summed E-state index contributed by atoms with van der Waals surface area (Å²) in [5, 5.41) is 3.61. The molecule has 1 aromatic rings. The van der Waals surface area contributed by atoms with Crippen molar-refractivity contribution >= 4 is 11.8 Å². The topological polar surface area (TPSA) is 12.0 Å². The molecule has 1 heterocycles. The summed E-state index contributed by atoms with van der Waals surface area (Å²) in [7, 11) is 0. The Hall–Kier alpha value is -0.470. The zero-order valence-electron chi connectivity index (χ0n) is 10.9. The van der Waals surface area contributed by atoms with E-state index < -0.39 is 0 Å². The number of fused-ring (bicyclic) bond motifs is 1.